The summed E-state index contributed by atoms with van der Waals surface area (Å²) in [6, 6.07) is 94.8. The summed E-state index contributed by atoms with van der Waals surface area (Å²) in [6.45, 7) is 22.1. The molecule has 0 unspecified atom stereocenters. The molecule has 0 atom stereocenters. The maximum absolute atomic E-state index is 2.41. The first-order valence-corrected chi connectivity index (χ1v) is 30.8. The molecule has 0 amide bonds. The first-order valence-electron chi connectivity index (χ1n) is 30.8. The van der Waals surface area contributed by atoms with E-state index in [1.807, 2.05) is 0 Å². The normalized spacial score (nSPS) is 14.2. The van der Waals surface area contributed by atoms with E-state index in [0.717, 1.165) is 6.42 Å². The largest absolute Gasteiger partial charge is 0.0725 e. The second-order valence-electron chi connectivity index (χ2n) is 25.7. The molecule has 5 aliphatic carbocycles. The van der Waals surface area contributed by atoms with Gasteiger partial charge in [0, 0.05) is 5.41 Å². The highest BCUT2D eigenvalue weighted by molar-refractivity contribution is 5.95. The van der Waals surface area contributed by atoms with Gasteiger partial charge in [0.25, 0.3) is 0 Å². The summed E-state index contributed by atoms with van der Waals surface area (Å²) in [5.74, 6) is 0. The molecule has 0 aromatic heterocycles. The van der Waals surface area contributed by atoms with Crippen LogP contribution in [0.5, 0.6) is 0 Å². The Morgan fingerprint density at radius 1 is 0.209 bits per heavy atom. The highest BCUT2D eigenvalue weighted by Crippen LogP contribution is 2.63. The van der Waals surface area contributed by atoms with Gasteiger partial charge in [-0.05, 0) is 184 Å². The zero-order valence-corrected chi connectivity index (χ0v) is 51.5. The van der Waals surface area contributed by atoms with Gasteiger partial charge in [-0.2, -0.15) is 0 Å². The summed E-state index contributed by atoms with van der Waals surface area (Å²) in [5.41, 5.74) is 41.2. The standard InChI is InChI=1S/C27H20.C27H22.C17H18.C15H14/c1-17-11-13-21-22-14-12-18(2)16-26(22)27(25(21)15-17)23-9-5-3-7-19(23)20-8-4-6-10-24(20)27;1-19-13-15-23-24-16-14-20(2)18-26(24)27(25(23)17-19,21-9-5-3-6-10-21)22-11-7-4-8-12-22;1-11-5-7-13-14-8-6-12(2)10-16(14)17(3,4)15(13)9-11;1-10-3-5-12-9-13-6-4-11(2)8-15(13)14(12)7-10/h3-16H,1-2H3;3-18H,1-2H3;5-10H,1-4H3;3-8H,9H2,1-2H3. The number of hydrogen-bond acceptors (Lipinski definition) is 0. The molecule has 0 N–H and O–H groups in total. The van der Waals surface area contributed by atoms with Crippen LogP contribution in [0.25, 0.3) is 55.6 Å². The molecule has 0 heterocycles. The zero-order chi connectivity index (χ0) is 59.2. The van der Waals surface area contributed by atoms with Gasteiger partial charge >= 0.3 is 0 Å². The molecule has 0 nitrogen and oxygen atoms in total. The Bertz CT molecular complexity index is 4260. The topological polar surface area (TPSA) is 0 Å². The Balaban J connectivity index is 0.000000104. The highest BCUT2D eigenvalue weighted by Gasteiger charge is 2.52. The second kappa shape index (κ2) is 21.0. The molecule has 0 saturated heterocycles. The molecule has 12 aromatic rings. The lowest BCUT2D eigenvalue weighted by atomic mass is 9.67. The zero-order valence-electron chi connectivity index (χ0n) is 51.5. The van der Waals surface area contributed by atoms with E-state index < -0.39 is 0 Å². The maximum Gasteiger partial charge on any atom is 0.0725 e. The van der Waals surface area contributed by atoms with Crippen LogP contribution in [-0.2, 0) is 22.7 Å². The molecular weight excluding hydrogens is 1030 g/mol. The van der Waals surface area contributed by atoms with Crippen molar-refractivity contribution in [3.05, 3.63) is 366 Å². The van der Waals surface area contributed by atoms with Crippen LogP contribution in [0.4, 0.5) is 0 Å². The van der Waals surface area contributed by atoms with Crippen molar-refractivity contribution in [2.75, 3.05) is 0 Å². The number of fused-ring (bicyclic) bond motifs is 19. The molecule has 418 valence electrons. The molecule has 1 spiro atoms. The molecule has 5 aliphatic rings. The Labute approximate surface area is 510 Å². The van der Waals surface area contributed by atoms with Gasteiger partial charge in [-0.3, -0.25) is 0 Å². The molecule has 0 fully saturated rings. The molecule has 0 bridgehead atoms. The molecule has 0 aliphatic heterocycles. The molecule has 86 heavy (non-hydrogen) atoms. The lowest BCUT2D eigenvalue weighted by molar-refractivity contribution is 0.659. The lowest BCUT2D eigenvalue weighted by Gasteiger charge is -2.34. The van der Waals surface area contributed by atoms with Gasteiger partial charge in [0.15, 0.2) is 0 Å². The Morgan fingerprint density at radius 3 is 0.814 bits per heavy atom. The van der Waals surface area contributed by atoms with Gasteiger partial charge in [-0.15, -0.1) is 0 Å². The fourth-order valence-electron chi connectivity index (χ4n) is 15.4. The van der Waals surface area contributed by atoms with E-state index in [2.05, 4.69) is 324 Å². The van der Waals surface area contributed by atoms with E-state index in [0.29, 0.717) is 0 Å². The molecular formula is C86H74. The number of rotatable bonds is 2. The quantitative estimate of drug-likeness (QED) is 0.162. The van der Waals surface area contributed by atoms with Crippen molar-refractivity contribution in [1.82, 2.24) is 0 Å². The van der Waals surface area contributed by atoms with E-state index in [1.54, 1.807) is 0 Å². The minimum Gasteiger partial charge on any atom is -0.0622 e. The van der Waals surface area contributed by atoms with E-state index >= 15 is 0 Å². The van der Waals surface area contributed by atoms with Gasteiger partial charge in [0.05, 0.1) is 10.8 Å². The SMILES string of the molecule is Cc1ccc2c(c1)-c1cc(C)ccc1C2.Cc1ccc2c(c1)C(C)(C)c1cc(C)ccc1-2.Cc1ccc2c(c1)C(c1ccccc1)(c1ccccc1)c1cc(C)ccc1-2.Cc1ccc2c(c1)C1(c3ccccc3-c3ccccc31)c1cc(C)ccc1-2. The summed E-state index contributed by atoms with van der Waals surface area (Å²) >= 11 is 0. The van der Waals surface area contributed by atoms with Crippen LogP contribution in [0.15, 0.2) is 255 Å². The first kappa shape index (κ1) is 54.6. The highest BCUT2D eigenvalue weighted by atomic mass is 14.5. The Hall–Kier alpha value is -9.36. The maximum atomic E-state index is 2.41. The predicted octanol–water partition coefficient (Wildman–Crippen LogP) is 21.8. The molecule has 0 radical (unpaired) electrons. The minimum atomic E-state index is -0.273. The minimum absolute atomic E-state index is 0.142. The van der Waals surface area contributed by atoms with Crippen LogP contribution < -0.4 is 0 Å². The van der Waals surface area contributed by atoms with Crippen molar-refractivity contribution < 1.29 is 0 Å². The predicted molar refractivity (Wildman–Crippen MR) is 363 cm³/mol. The Morgan fingerprint density at radius 2 is 0.465 bits per heavy atom. The van der Waals surface area contributed by atoms with Crippen LogP contribution in [0.2, 0.25) is 0 Å². The van der Waals surface area contributed by atoms with E-state index in [9.17, 15) is 0 Å². The van der Waals surface area contributed by atoms with Gasteiger partial charge < -0.3 is 0 Å². The van der Waals surface area contributed by atoms with Crippen LogP contribution in [0.3, 0.4) is 0 Å². The van der Waals surface area contributed by atoms with Gasteiger partial charge in [-0.25, -0.2) is 0 Å². The van der Waals surface area contributed by atoms with Gasteiger partial charge in [0.1, 0.15) is 0 Å². The van der Waals surface area contributed by atoms with Crippen molar-refractivity contribution in [2.45, 2.75) is 91.9 Å². The number of aryl methyl sites for hydroxylation is 8. The summed E-state index contributed by atoms with van der Waals surface area (Å²) in [4.78, 5) is 0. The first-order chi connectivity index (χ1) is 41.7. The summed E-state index contributed by atoms with van der Waals surface area (Å²) < 4.78 is 0. The Kier molecular flexibility index (Phi) is 13.3. The summed E-state index contributed by atoms with van der Waals surface area (Å²) in [5, 5.41) is 0. The molecule has 0 heteroatoms. The van der Waals surface area contributed by atoms with Crippen molar-refractivity contribution in [3.63, 3.8) is 0 Å². The van der Waals surface area contributed by atoms with E-state index in [1.165, 1.54) is 167 Å². The van der Waals surface area contributed by atoms with Crippen molar-refractivity contribution in [1.29, 1.82) is 0 Å². The second-order valence-corrected chi connectivity index (χ2v) is 25.7. The smallest absolute Gasteiger partial charge is 0.0622 e. The number of hydrogen-bond donors (Lipinski definition) is 0. The fourth-order valence-corrected chi connectivity index (χ4v) is 15.4. The molecule has 12 aromatic carbocycles. The van der Waals surface area contributed by atoms with Crippen LogP contribution in [-0.4, -0.2) is 0 Å². The molecule has 0 saturated carbocycles. The van der Waals surface area contributed by atoms with Crippen molar-refractivity contribution >= 4 is 0 Å². The average Bonchev–Trinajstić information content (AvgIpc) is 1.53. The van der Waals surface area contributed by atoms with E-state index in [4.69, 9.17) is 0 Å². The fraction of sp³-hybridized carbons (Fsp3) is 0.163. The third kappa shape index (κ3) is 8.62. The molecule has 17 rings (SSSR count). The van der Waals surface area contributed by atoms with E-state index in [-0.39, 0.29) is 16.2 Å². The third-order valence-electron chi connectivity index (χ3n) is 19.5. The van der Waals surface area contributed by atoms with Gasteiger partial charge in [0.2, 0.25) is 0 Å². The lowest BCUT2D eigenvalue weighted by Crippen LogP contribution is -2.28. The van der Waals surface area contributed by atoms with Crippen LogP contribution in [0, 0.1) is 55.4 Å². The van der Waals surface area contributed by atoms with Crippen molar-refractivity contribution in [2.24, 2.45) is 0 Å². The van der Waals surface area contributed by atoms with Crippen LogP contribution in [0.1, 0.15) is 125 Å². The summed E-state index contributed by atoms with van der Waals surface area (Å²) in [7, 11) is 0. The summed E-state index contributed by atoms with van der Waals surface area (Å²) in [6.07, 6.45) is 1.10. The number of benzene rings is 12. The third-order valence-corrected chi connectivity index (χ3v) is 19.5. The monoisotopic (exact) mass is 1110 g/mol. The van der Waals surface area contributed by atoms with Gasteiger partial charge in [-0.1, -0.05) is 313 Å². The van der Waals surface area contributed by atoms with Crippen LogP contribution >= 0.6 is 0 Å². The average molecular weight is 1110 g/mol. The van der Waals surface area contributed by atoms with Crippen molar-refractivity contribution in [3.8, 4) is 55.6 Å².